The molecule has 2 saturated heterocycles. The van der Waals surface area contributed by atoms with Gasteiger partial charge in [-0.05, 0) is 51.2 Å². The second-order valence-electron chi connectivity index (χ2n) is 9.08. The zero-order chi connectivity index (χ0) is 25.8. The van der Waals surface area contributed by atoms with Gasteiger partial charge in [-0.1, -0.05) is 64.4 Å². The molecule has 2 fully saturated rings. The SMILES string of the molecule is CC.CC.CN1CCN(c2ccc3c(NCCN4CCCCC4)nc(-c4ccccc4)nc3c2)CC1. The molecule has 3 heterocycles. The molecule has 36 heavy (non-hydrogen) atoms. The first-order valence-electron chi connectivity index (χ1n) is 14.0. The van der Waals surface area contributed by atoms with Gasteiger partial charge in [-0.2, -0.15) is 0 Å². The monoisotopic (exact) mass is 490 g/mol. The average molecular weight is 491 g/mol. The minimum atomic E-state index is 0.786. The van der Waals surface area contributed by atoms with E-state index in [2.05, 4.69) is 57.4 Å². The molecule has 0 radical (unpaired) electrons. The molecule has 5 rings (SSSR count). The lowest BCUT2D eigenvalue weighted by atomic mass is 10.1. The van der Waals surface area contributed by atoms with Crippen LogP contribution in [0.15, 0.2) is 48.5 Å². The van der Waals surface area contributed by atoms with Crippen molar-refractivity contribution in [2.24, 2.45) is 0 Å². The van der Waals surface area contributed by atoms with Crippen molar-refractivity contribution in [1.29, 1.82) is 0 Å². The smallest absolute Gasteiger partial charge is 0.162 e. The largest absolute Gasteiger partial charge is 0.369 e. The number of nitrogens with zero attached hydrogens (tertiary/aromatic N) is 5. The van der Waals surface area contributed by atoms with E-state index < -0.39 is 0 Å². The van der Waals surface area contributed by atoms with Crippen molar-refractivity contribution in [3.63, 3.8) is 0 Å². The summed E-state index contributed by atoms with van der Waals surface area (Å²) in [6.07, 6.45) is 4.02. The number of hydrogen-bond acceptors (Lipinski definition) is 6. The second-order valence-corrected chi connectivity index (χ2v) is 9.08. The third kappa shape index (κ3) is 7.40. The first-order chi connectivity index (χ1) is 17.8. The van der Waals surface area contributed by atoms with Crippen molar-refractivity contribution in [2.75, 3.05) is 69.6 Å². The summed E-state index contributed by atoms with van der Waals surface area (Å²) in [5.74, 6) is 1.73. The number of piperazine rings is 1. The van der Waals surface area contributed by atoms with E-state index in [9.17, 15) is 0 Å². The van der Waals surface area contributed by atoms with Crippen LogP contribution in [0.2, 0.25) is 0 Å². The summed E-state index contributed by atoms with van der Waals surface area (Å²) >= 11 is 0. The van der Waals surface area contributed by atoms with Gasteiger partial charge in [0.2, 0.25) is 0 Å². The van der Waals surface area contributed by atoms with Crippen molar-refractivity contribution >= 4 is 22.4 Å². The maximum Gasteiger partial charge on any atom is 0.162 e. The van der Waals surface area contributed by atoms with Crippen molar-refractivity contribution < 1.29 is 0 Å². The van der Waals surface area contributed by atoms with Gasteiger partial charge in [0.15, 0.2) is 5.82 Å². The molecule has 0 aliphatic carbocycles. The molecular formula is C30H46N6. The quantitative estimate of drug-likeness (QED) is 0.457. The van der Waals surface area contributed by atoms with Crippen LogP contribution in [0.25, 0.3) is 22.3 Å². The highest BCUT2D eigenvalue weighted by Gasteiger charge is 2.17. The van der Waals surface area contributed by atoms with Crippen LogP contribution in [0.1, 0.15) is 47.0 Å². The predicted octanol–water partition coefficient (Wildman–Crippen LogP) is 6.00. The number of benzene rings is 2. The van der Waals surface area contributed by atoms with E-state index in [-0.39, 0.29) is 0 Å². The van der Waals surface area contributed by atoms with Crippen molar-refractivity contribution in [1.82, 2.24) is 19.8 Å². The lowest BCUT2D eigenvalue weighted by molar-refractivity contribution is 0.237. The van der Waals surface area contributed by atoms with E-state index in [0.29, 0.717) is 0 Å². The maximum absolute atomic E-state index is 4.98. The van der Waals surface area contributed by atoms with E-state index in [4.69, 9.17) is 9.97 Å². The molecule has 0 atom stereocenters. The number of likely N-dealkylation sites (tertiary alicyclic amines) is 1. The molecule has 0 bridgehead atoms. The number of hydrogen-bond donors (Lipinski definition) is 1. The summed E-state index contributed by atoms with van der Waals surface area (Å²) < 4.78 is 0. The summed E-state index contributed by atoms with van der Waals surface area (Å²) in [5, 5.41) is 4.74. The molecule has 196 valence electrons. The van der Waals surface area contributed by atoms with Gasteiger partial charge in [-0.15, -0.1) is 0 Å². The third-order valence-electron chi connectivity index (χ3n) is 6.75. The van der Waals surface area contributed by atoms with E-state index >= 15 is 0 Å². The first kappa shape index (κ1) is 27.9. The summed E-state index contributed by atoms with van der Waals surface area (Å²) in [6, 6.07) is 17.0. The Labute approximate surface area is 218 Å². The van der Waals surface area contributed by atoms with Gasteiger partial charge >= 0.3 is 0 Å². The topological polar surface area (TPSA) is 47.5 Å². The Morgan fingerprint density at radius 2 is 1.47 bits per heavy atom. The van der Waals surface area contributed by atoms with Crippen LogP contribution < -0.4 is 10.2 Å². The highest BCUT2D eigenvalue weighted by Crippen LogP contribution is 2.29. The molecule has 2 aliphatic rings. The molecule has 2 aliphatic heterocycles. The molecular weight excluding hydrogens is 444 g/mol. The zero-order valence-electron chi connectivity index (χ0n) is 23.1. The normalized spacial score (nSPS) is 16.5. The molecule has 6 nitrogen and oxygen atoms in total. The molecule has 0 spiro atoms. The predicted molar refractivity (Wildman–Crippen MR) is 156 cm³/mol. The van der Waals surface area contributed by atoms with Crippen molar-refractivity contribution in [3.05, 3.63) is 48.5 Å². The minimum absolute atomic E-state index is 0.786. The Hall–Kier alpha value is -2.70. The Kier molecular flexibility index (Phi) is 11.4. The van der Waals surface area contributed by atoms with Crippen LogP contribution in [0.4, 0.5) is 11.5 Å². The zero-order valence-corrected chi connectivity index (χ0v) is 23.1. The van der Waals surface area contributed by atoms with Crippen LogP contribution >= 0.6 is 0 Å². The van der Waals surface area contributed by atoms with Crippen LogP contribution in [0.3, 0.4) is 0 Å². The first-order valence-corrected chi connectivity index (χ1v) is 14.0. The fourth-order valence-corrected chi connectivity index (χ4v) is 4.75. The fraction of sp³-hybridized carbons (Fsp3) is 0.533. The van der Waals surface area contributed by atoms with E-state index in [1.165, 1.54) is 38.0 Å². The third-order valence-corrected chi connectivity index (χ3v) is 6.75. The number of nitrogens with one attached hydrogen (secondary N) is 1. The summed E-state index contributed by atoms with van der Waals surface area (Å²) in [6.45, 7) is 16.7. The summed E-state index contributed by atoms with van der Waals surface area (Å²) in [7, 11) is 2.19. The Morgan fingerprint density at radius 1 is 0.778 bits per heavy atom. The Bertz CT molecular complexity index is 1020. The highest BCUT2D eigenvalue weighted by molar-refractivity contribution is 5.92. The molecule has 6 heteroatoms. The molecule has 1 N–H and O–H groups in total. The summed E-state index contributed by atoms with van der Waals surface area (Å²) in [5.41, 5.74) is 3.32. The molecule has 0 saturated carbocycles. The van der Waals surface area contributed by atoms with E-state index in [1.807, 2.05) is 45.9 Å². The number of aromatic nitrogens is 2. The van der Waals surface area contributed by atoms with Gasteiger partial charge in [0.25, 0.3) is 0 Å². The van der Waals surface area contributed by atoms with E-state index in [0.717, 1.165) is 67.4 Å². The minimum Gasteiger partial charge on any atom is -0.369 e. The lowest BCUT2D eigenvalue weighted by Gasteiger charge is -2.34. The number of rotatable bonds is 6. The number of piperidine rings is 1. The molecule has 2 aromatic carbocycles. The standard InChI is InChI=1S/C26H34N6.2C2H6/c1-30-16-18-32(19-17-30)22-10-11-23-24(20-22)28-25(21-8-4-2-5-9-21)29-26(23)27-12-15-31-13-6-3-7-14-31;2*1-2/h2,4-5,8-11,20H,3,6-7,12-19H2,1H3,(H,27,28,29);2*1-2H3. The van der Waals surface area contributed by atoms with Gasteiger partial charge in [-0.3, -0.25) is 0 Å². The van der Waals surface area contributed by atoms with E-state index in [1.54, 1.807) is 0 Å². The van der Waals surface area contributed by atoms with Crippen LogP contribution in [-0.2, 0) is 0 Å². The fourth-order valence-electron chi connectivity index (χ4n) is 4.75. The van der Waals surface area contributed by atoms with Gasteiger partial charge in [0.05, 0.1) is 5.52 Å². The van der Waals surface area contributed by atoms with Crippen molar-refractivity contribution in [2.45, 2.75) is 47.0 Å². The summed E-state index contributed by atoms with van der Waals surface area (Å²) in [4.78, 5) is 17.3. The highest BCUT2D eigenvalue weighted by atomic mass is 15.2. The van der Waals surface area contributed by atoms with Crippen LogP contribution in [-0.4, -0.2) is 79.2 Å². The van der Waals surface area contributed by atoms with Crippen LogP contribution in [0.5, 0.6) is 0 Å². The molecule has 3 aromatic rings. The Balaban J connectivity index is 0.000000861. The Morgan fingerprint density at radius 3 is 2.17 bits per heavy atom. The van der Waals surface area contributed by atoms with Crippen molar-refractivity contribution in [3.8, 4) is 11.4 Å². The molecule has 1 aromatic heterocycles. The molecule has 0 amide bonds. The maximum atomic E-state index is 4.98. The second kappa shape index (κ2) is 14.8. The number of anilines is 2. The number of fused-ring (bicyclic) bond motifs is 1. The average Bonchev–Trinajstić information content (AvgIpc) is 2.96. The van der Waals surface area contributed by atoms with Gasteiger partial charge in [0, 0.05) is 55.9 Å². The van der Waals surface area contributed by atoms with Crippen LogP contribution in [0, 0.1) is 0 Å². The van der Waals surface area contributed by atoms with Gasteiger partial charge < -0.3 is 20.0 Å². The van der Waals surface area contributed by atoms with Gasteiger partial charge in [-0.25, -0.2) is 9.97 Å². The lowest BCUT2D eigenvalue weighted by Crippen LogP contribution is -2.44. The number of likely N-dealkylation sites (N-methyl/N-ethyl adjacent to an activating group) is 1. The van der Waals surface area contributed by atoms with Gasteiger partial charge in [0.1, 0.15) is 5.82 Å². The molecule has 0 unspecified atom stereocenters.